The number of aliphatic imine (C=N–C) groups is 1. The maximum Gasteiger partial charge on any atom is 0.408 e. The van der Waals surface area contributed by atoms with Crippen molar-refractivity contribution in [3.63, 3.8) is 0 Å². The number of nitrogens with one attached hydrogen (secondary N) is 2. The summed E-state index contributed by atoms with van der Waals surface area (Å²) in [7, 11) is 0. The number of fused-ring (bicyclic) bond motifs is 2. The molecule has 0 saturated heterocycles. The minimum Gasteiger partial charge on any atom is -0.444 e. The molecule has 4 saturated carbocycles. The van der Waals surface area contributed by atoms with Crippen LogP contribution in [-0.4, -0.2) is 56.3 Å². The molecule has 228 valence electrons. The van der Waals surface area contributed by atoms with Crippen LogP contribution in [0.1, 0.15) is 89.1 Å². The van der Waals surface area contributed by atoms with Gasteiger partial charge in [0.15, 0.2) is 5.65 Å². The van der Waals surface area contributed by atoms with Crippen molar-refractivity contribution in [1.82, 2.24) is 25.2 Å². The Bertz CT molecular complexity index is 1400. The number of hydrogen-bond acceptors (Lipinski definition) is 6. The molecule has 13 heteroatoms. The predicted molar refractivity (Wildman–Crippen MR) is 144 cm³/mol. The summed E-state index contributed by atoms with van der Waals surface area (Å²) in [6.45, 7) is 8.88. The van der Waals surface area contributed by atoms with Crippen molar-refractivity contribution in [2.75, 3.05) is 0 Å². The molecule has 0 unspecified atom stereocenters. The summed E-state index contributed by atoms with van der Waals surface area (Å²) < 4.78 is 61.8. The van der Waals surface area contributed by atoms with Crippen molar-refractivity contribution in [2.45, 2.75) is 101 Å². The van der Waals surface area contributed by atoms with E-state index in [1.54, 1.807) is 39.2 Å². The van der Waals surface area contributed by atoms with Crippen molar-refractivity contribution >= 4 is 24.4 Å². The third-order valence-corrected chi connectivity index (χ3v) is 9.10. The van der Waals surface area contributed by atoms with Gasteiger partial charge in [0.25, 0.3) is 5.92 Å². The summed E-state index contributed by atoms with van der Waals surface area (Å²) in [5, 5.41) is 10.3. The summed E-state index contributed by atoms with van der Waals surface area (Å²) in [5.74, 6) is -7.47. The standard InChI is InChI=1S/C29H36F4N6O3/c1-26(2,3)42-25(41)38-24(27(34-4)11-18-19(12-27)29(18,32)33)20-14-39-21(36-20)8-17(13-35-39)23(16-5-6-16)37-22(40)7-15-9-28(30,31)10-15/h8,13-16,18-19,23-24H,4-7,9-12H2,1-3H3,(H,37,40)(H,38,41)/t18-,19+,23-,24-,27+/m1/s1. The third kappa shape index (κ3) is 5.46. The minimum atomic E-state index is -2.75. The maximum absolute atomic E-state index is 14.2. The van der Waals surface area contributed by atoms with Gasteiger partial charge in [-0.05, 0) is 76.6 Å². The number of alkyl halides is 4. The Kier molecular flexibility index (Phi) is 6.62. The third-order valence-electron chi connectivity index (χ3n) is 9.10. The summed E-state index contributed by atoms with van der Waals surface area (Å²) in [4.78, 5) is 34.6. The lowest BCUT2D eigenvalue weighted by molar-refractivity contribution is -0.134. The van der Waals surface area contributed by atoms with E-state index in [1.165, 1.54) is 4.52 Å². The molecule has 0 aromatic carbocycles. The average Bonchev–Trinajstić information content (AvgIpc) is 3.65. The van der Waals surface area contributed by atoms with Gasteiger partial charge in [-0.1, -0.05) is 0 Å². The molecule has 2 aromatic heterocycles. The quantitative estimate of drug-likeness (QED) is 0.299. The number of halogens is 4. The SMILES string of the molecule is C=N[C@@]1([C@H](NC(=O)OC(C)(C)C)c2cn3ncc([C@H](NC(=O)CC4CC(F)(F)C4)C4CC4)cc3n2)C[C@@H]2[C@H](C1)C2(F)F. The van der Waals surface area contributed by atoms with E-state index in [-0.39, 0.29) is 55.9 Å². The summed E-state index contributed by atoms with van der Waals surface area (Å²) >= 11 is 0. The largest absolute Gasteiger partial charge is 0.444 e. The zero-order valence-electron chi connectivity index (χ0n) is 23.9. The van der Waals surface area contributed by atoms with E-state index in [0.717, 1.165) is 18.4 Å². The first-order valence-electron chi connectivity index (χ1n) is 14.5. The highest BCUT2D eigenvalue weighted by molar-refractivity contribution is 5.77. The number of rotatable bonds is 9. The van der Waals surface area contributed by atoms with Crippen LogP contribution in [0.2, 0.25) is 0 Å². The first kappa shape index (κ1) is 28.9. The smallest absolute Gasteiger partial charge is 0.408 e. The summed E-state index contributed by atoms with van der Waals surface area (Å²) in [6, 6.07) is 0.561. The van der Waals surface area contributed by atoms with Gasteiger partial charge in [-0.2, -0.15) is 5.10 Å². The monoisotopic (exact) mass is 592 g/mol. The Morgan fingerprint density at radius 1 is 1.14 bits per heavy atom. The summed E-state index contributed by atoms with van der Waals surface area (Å²) in [6.07, 6.45) is 3.97. The fourth-order valence-corrected chi connectivity index (χ4v) is 6.77. The molecule has 4 aliphatic carbocycles. The van der Waals surface area contributed by atoms with Gasteiger partial charge in [-0.15, -0.1) is 0 Å². The molecular weight excluding hydrogens is 556 g/mol. The van der Waals surface area contributed by atoms with Gasteiger partial charge >= 0.3 is 6.09 Å². The number of amides is 2. The van der Waals surface area contributed by atoms with E-state index in [9.17, 15) is 27.2 Å². The van der Waals surface area contributed by atoms with Gasteiger partial charge in [-0.3, -0.25) is 9.79 Å². The molecule has 4 fully saturated rings. The predicted octanol–water partition coefficient (Wildman–Crippen LogP) is 5.41. The van der Waals surface area contributed by atoms with E-state index in [1.807, 2.05) is 0 Å². The highest BCUT2D eigenvalue weighted by atomic mass is 19.3. The topological polar surface area (TPSA) is 110 Å². The zero-order chi connectivity index (χ0) is 30.2. The lowest BCUT2D eigenvalue weighted by Gasteiger charge is -2.35. The number of nitrogens with zero attached hydrogens (tertiary/aromatic N) is 4. The number of alkyl carbamates (subject to hydrolysis) is 1. The van der Waals surface area contributed by atoms with E-state index in [4.69, 9.17) is 9.72 Å². The molecule has 9 nitrogen and oxygen atoms in total. The molecule has 6 rings (SSSR count). The van der Waals surface area contributed by atoms with E-state index in [2.05, 4.69) is 27.4 Å². The Hall–Kier alpha value is -3.25. The molecular formula is C29H36F4N6O3. The average molecular weight is 593 g/mol. The maximum atomic E-state index is 14.2. The number of carbonyl (C=O) groups is 2. The molecule has 42 heavy (non-hydrogen) atoms. The fraction of sp³-hybridized carbons (Fsp3) is 0.690. The van der Waals surface area contributed by atoms with Crippen molar-refractivity contribution in [3.8, 4) is 0 Å². The Labute approximate surface area is 240 Å². The molecule has 4 aliphatic rings. The highest BCUT2D eigenvalue weighted by Gasteiger charge is 2.76. The number of imidazole rings is 1. The van der Waals surface area contributed by atoms with Gasteiger partial charge in [0.05, 0.1) is 29.7 Å². The van der Waals surface area contributed by atoms with Crippen molar-refractivity contribution in [2.24, 2.45) is 28.7 Å². The second-order valence-electron chi connectivity index (χ2n) is 13.6. The van der Waals surface area contributed by atoms with Crippen LogP contribution in [-0.2, 0) is 9.53 Å². The van der Waals surface area contributed by atoms with Crippen LogP contribution in [0.5, 0.6) is 0 Å². The van der Waals surface area contributed by atoms with E-state index >= 15 is 0 Å². The lowest BCUT2D eigenvalue weighted by atomic mass is 9.79. The Morgan fingerprint density at radius 2 is 1.81 bits per heavy atom. The van der Waals surface area contributed by atoms with E-state index < -0.39 is 47.0 Å². The van der Waals surface area contributed by atoms with Gasteiger partial charge in [0.1, 0.15) is 11.6 Å². The lowest BCUT2D eigenvalue weighted by Crippen LogP contribution is -2.46. The first-order chi connectivity index (χ1) is 19.6. The fourth-order valence-electron chi connectivity index (χ4n) is 6.77. The van der Waals surface area contributed by atoms with Gasteiger partial charge in [0, 0.05) is 31.1 Å². The zero-order valence-corrected chi connectivity index (χ0v) is 23.9. The second kappa shape index (κ2) is 9.63. The van der Waals surface area contributed by atoms with Gasteiger partial charge in [-0.25, -0.2) is 31.9 Å². The molecule has 2 heterocycles. The Morgan fingerprint density at radius 3 is 2.38 bits per heavy atom. The molecule has 2 aromatic rings. The van der Waals surface area contributed by atoms with Gasteiger partial charge in [0.2, 0.25) is 11.8 Å². The first-order valence-corrected chi connectivity index (χ1v) is 14.5. The van der Waals surface area contributed by atoms with Crippen LogP contribution in [0, 0.1) is 23.7 Å². The molecule has 0 radical (unpaired) electrons. The highest BCUT2D eigenvalue weighted by Crippen LogP contribution is 2.69. The summed E-state index contributed by atoms with van der Waals surface area (Å²) in [5.41, 5.74) is -0.349. The van der Waals surface area contributed by atoms with Crippen LogP contribution in [0.15, 0.2) is 23.5 Å². The van der Waals surface area contributed by atoms with Crippen LogP contribution < -0.4 is 10.6 Å². The van der Waals surface area contributed by atoms with Crippen LogP contribution in [0.4, 0.5) is 22.4 Å². The molecule has 2 N–H and O–H groups in total. The number of carbonyl (C=O) groups excluding carboxylic acids is 2. The Balaban J connectivity index is 1.25. The number of aromatic nitrogens is 3. The number of ether oxygens (including phenoxy) is 1. The van der Waals surface area contributed by atoms with E-state index in [0.29, 0.717) is 11.3 Å². The van der Waals surface area contributed by atoms with Crippen molar-refractivity contribution in [3.05, 3.63) is 29.7 Å². The molecule has 0 spiro atoms. The molecule has 0 bridgehead atoms. The van der Waals surface area contributed by atoms with Crippen LogP contribution >= 0.6 is 0 Å². The number of hydrogen-bond donors (Lipinski definition) is 2. The van der Waals surface area contributed by atoms with Crippen molar-refractivity contribution in [1.29, 1.82) is 0 Å². The van der Waals surface area contributed by atoms with Crippen LogP contribution in [0.25, 0.3) is 5.65 Å². The normalized spacial score (nSPS) is 29.2. The second-order valence-corrected chi connectivity index (χ2v) is 13.6. The molecule has 5 atom stereocenters. The minimum absolute atomic E-state index is 0.0455. The molecule has 2 amide bonds. The molecule has 0 aliphatic heterocycles. The van der Waals surface area contributed by atoms with Crippen LogP contribution in [0.3, 0.4) is 0 Å². The van der Waals surface area contributed by atoms with Crippen molar-refractivity contribution < 1.29 is 31.9 Å². The van der Waals surface area contributed by atoms with Gasteiger partial charge < -0.3 is 15.4 Å².